The zero-order valence-electron chi connectivity index (χ0n) is 11.3. The fraction of sp³-hybridized carbons (Fsp3) is 0.467. The van der Waals surface area contributed by atoms with Gasteiger partial charge in [0, 0.05) is 24.7 Å². The van der Waals surface area contributed by atoms with E-state index in [4.69, 9.17) is 5.73 Å². The second kappa shape index (κ2) is 5.25. The van der Waals surface area contributed by atoms with Gasteiger partial charge in [-0.15, -0.1) is 0 Å². The molecule has 1 aromatic rings. The van der Waals surface area contributed by atoms with Crippen LogP contribution in [0.25, 0.3) is 0 Å². The molecule has 20 heavy (non-hydrogen) atoms. The third-order valence-electron chi connectivity index (χ3n) is 4.27. The summed E-state index contributed by atoms with van der Waals surface area (Å²) in [5.41, 5.74) is 6.71. The first kappa shape index (κ1) is 13.1. The minimum Gasteiger partial charge on any atom is -0.366 e. The van der Waals surface area contributed by atoms with Crippen molar-refractivity contribution in [1.82, 2.24) is 10.2 Å². The van der Waals surface area contributed by atoms with E-state index in [2.05, 4.69) is 5.32 Å². The molecule has 2 atom stereocenters. The SMILES string of the molecule is NC(=O)c1ccccc1CN1CC2NCCCC2C1=O. The van der Waals surface area contributed by atoms with Gasteiger partial charge in [-0.2, -0.15) is 0 Å². The summed E-state index contributed by atoms with van der Waals surface area (Å²) in [5.74, 6) is -0.145. The Morgan fingerprint density at radius 1 is 1.40 bits per heavy atom. The van der Waals surface area contributed by atoms with E-state index in [0.29, 0.717) is 12.1 Å². The van der Waals surface area contributed by atoms with Crippen molar-refractivity contribution < 1.29 is 9.59 Å². The number of hydrogen-bond donors (Lipinski definition) is 2. The van der Waals surface area contributed by atoms with Crippen LogP contribution in [0, 0.1) is 5.92 Å². The molecule has 0 aromatic heterocycles. The van der Waals surface area contributed by atoms with Crippen molar-refractivity contribution in [2.75, 3.05) is 13.1 Å². The van der Waals surface area contributed by atoms with Gasteiger partial charge in [-0.3, -0.25) is 9.59 Å². The highest BCUT2D eigenvalue weighted by atomic mass is 16.2. The highest BCUT2D eigenvalue weighted by molar-refractivity contribution is 5.94. The number of rotatable bonds is 3. The predicted molar refractivity (Wildman–Crippen MR) is 74.9 cm³/mol. The van der Waals surface area contributed by atoms with E-state index in [9.17, 15) is 9.59 Å². The van der Waals surface area contributed by atoms with Crippen molar-refractivity contribution in [1.29, 1.82) is 0 Å². The molecule has 2 saturated heterocycles. The minimum absolute atomic E-state index is 0.101. The second-order valence-corrected chi connectivity index (χ2v) is 5.55. The van der Waals surface area contributed by atoms with Gasteiger partial charge in [0.2, 0.25) is 11.8 Å². The lowest BCUT2D eigenvalue weighted by Crippen LogP contribution is -2.41. The summed E-state index contributed by atoms with van der Waals surface area (Å²) in [5, 5.41) is 3.41. The molecule has 2 aliphatic heterocycles. The number of nitrogens with two attached hydrogens (primary N) is 1. The molecular weight excluding hydrogens is 254 g/mol. The van der Waals surface area contributed by atoms with Crippen LogP contribution in [0.1, 0.15) is 28.8 Å². The first-order chi connectivity index (χ1) is 9.66. The fourth-order valence-corrected chi connectivity index (χ4v) is 3.25. The molecule has 1 aromatic carbocycles. The molecule has 2 heterocycles. The number of likely N-dealkylation sites (tertiary alicyclic amines) is 1. The first-order valence-electron chi connectivity index (χ1n) is 7.06. The first-order valence-corrected chi connectivity index (χ1v) is 7.06. The van der Waals surface area contributed by atoms with E-state index in [0.717, 1.165) is 31.5 Å². The summed E-state index contributed by atoms with van der Waals surface area (Å²) in [6, 6.07) is 7.49. The molecule has 2 amide bonds. The molecule has 5 heteroatoms. The number of nitrogens with zero attached hydrogens (tertiary/aromatic N) is 1. The average Bonchev–Trinajstić information content (AvgIpc) is 2.76. The van der Waals surface area contributed by atoms with Crippen molar-refractivity contribution >= 4 is 11.8 Å². The van der Waals surface area contributed by atoms with Crippen molar-refractivity contribution in [2.45, 2.75) is 25.4 Å². The predicted octanol–water partition coefficient (Wildman–Crippen LogP) is 0.496. The van der Waals surface area contributed by atoms with Crippen molar-refractivity contribution in [3.8, 4) is 0 Å². The Bertz CT molecular complexity index is 544. The molecule has 2 fully saturated rings. The summed E-state index contributed by atoms with van der Waals surface area (Å²) in [6.45, 7) is 2.17. The zero-order chi connectivity index (χ0) is 14.1. The number of amides is 2. The van der Waals surface area contributed by atoms with Crippen molar-refractivity contribution in [2.24, 2.45) is 11.7 Å². The number of fused-ring (bicyclic) bond motifs is 1. The molecule has 3 rings (SSSR count). The molecule has 3 N–H and O–H groups in total. The van der Waals surface area contributed by atoms with Gasteiger partial charge in [0.05, 0.1) is 5.92 Å². The summed E-state index contributed by atoms with van der Waals surface area (Å²) in [7, 11) is 0. The Hall–Kier alpha value is -1.88. The normalized spacial score (nSPS) is 25.6. The van der Waals surface area contributed by atoms with E-state index in [1.165, 1.54) is 0 Å². The maximum absolute atomic E-state index is 12.4. The van der Waals surface area contributed by atoms with Gasteiger partial charge >= 0.3 is 0 Å². The lowest BCUT2D eigenvalue weighted by atomic mass is 9.94. The Kier molecular flexibility index (Phi) is 3.44. The summed E-state index contributed by atoms with van der Waals surface area (Å²) in [4.78, 5) is 25.7. The molecule has 106 valence electrons. The third-order valence-corrected chi connectivity index (χ3v) is 4.27. The number of benzene rings is 1. The number of primary amides is 1. The third kappa shape index (κ3) is 2.29. The molecular formula is C15H19N3O2. The van der Waals surface area contributed by atoms with Crippen LogP contribution in [0.4, 0.5) is 0 Å². The molecule has 0 saturated carbocycles. The van der Waals surface area contributed by atoms with E-state index >= 15 is 0 Å². The van der Waals surface area contributed by atoms with Crippen molar-refractivity contribution in [3.63, 3.8) is 0 Å². The molecule has 0 aliphatic carbocycles. The van der Waals surface area contributed by atoms with Crippen LogP contribution in [0.15, 0.2) is 24.3 Å². The molecule has 2 unspecified atom stereocenters. The Morgan fingerprint density at radius 3 is 2.95 bits per heavy atom. The van der Waals surface area contributed by atoms with Gasteiger partial charge in [-0.25, -0.2) is 0 Å². The van der Waals surface area contributed by atoms with Gasteiger partial charge < -0.3 is 16.0 Å². The zero-order valence-corrected chi connectivity index (χ0v) is 11.3. The van der Waals surface area contributed by atoms with Crippen LogP contribution in [0.3, 0.4) is 0 Å². The van der Waals surface area contributed by atoms with Gasteiger partial charge in [0.25, 0.3) is 0 Å². The lowest BCUT2D eigenvalue weighted by molar-refractivity contribution is -0.131. The van der Waals surface area contributed by atoms with Crippen LogP contribution < -0.4 is 11.1 Å². The summed E-state index contributed by atoms with van der Waals surface area (Å²) in [6.07, 6.45) is 2.02. The second-order valence-electron chi connectivity index (χ2n) is 5.55. The molecule has 2 aliphatic rings. The molecule has 0 radical (unpaired) electrons. The minimum atomic E-state index is -0.442. The number of hydrogen-bond acceptors (Lipinski definition) is 3. The number of nitrogens with one attached hydrogen (secondary N) is 1. The van der Waals surface area contributed by atoms with E-state index in [1.54, 1.807) is 12.1 Å². The van der Waals surface area contributed by atoms with Gasteiger partial charge in [-0.05, 0) is 31.0 Å². The Morgan fingerprint density at radius 2 is 2.20 bits per heavy atom. The van der Waals surface area contributed by atoms with Crippen LogP contribution >= 0.6 is 0 Å². The standard InChI is InChI=1S/C15H19N3O2/c16-14(19)11-5-2-1-4-10(11)8-18-9-13-12(15(18)20)6-3-7-17-13/h1-2,4-5,12-13,17H,3,6-9H2,(H2,16,19). The topological polar surface area (TPSA) is 75.4 Å². The van der Waals surface area contributed by atoms with Crippen LogP contribution in [-0.2, 0) is 11.3 Å². The number of piperidine rings is 1. The maximum Gasteiger partial charge on any atom is 0.249 e. The smallest absolute Gasteiger partial charge is 0.249 e. The summed E-state index contributed by atoms with van der Waals surface area (Å²) < 4.78 is 0. The number of carbonyl (C=O) groups excluding carboxylic acids is 2. The van der Waals surface area contributed by atoms with Gasteiger partial charge in [0.1, 0.15) is 0 Å². The maximum atomic E-state index is 12.4. The Balaban J connectivity index is 1.79. The molecule has 0 spiro atoms. The van der Waals surface area contributed by atoms with E-state index in [1.807, 2.05) is 17.0 Å². The summed E-state index contributed by atoms with van der Waals surface area (Å²) >= 11 is 0. The fourth-order valence-electron chi connectivity index (χ4n) is 3.25. The quantitative estimate of drug-likeness (QED) is 0.842. The van der Waals surface area contributed by atoms with Crippen LogP contribution in [-0.4, -0.2) is 35.8 Å². The average molecular weight is 273 g/mol. The Labute approximate surface area is 118 Å². The van der Waals surface area contributed by atoms with Gasteiger partial charge in [-0.1, -0.05) is 18.2 Å². The highest BCUT2D eigenvalue weighted by Crippen LogP contribution is 2.27. The van der Waals surface area contributed by atoms with Crippen molar-refractivity contribution in [3.05, 3.63) is 35.4 Å². The van der Waals surface area contributed by atoms with Crippen LogP contribution in [0.5, 0.6) is 0 Å². The van der Waals surface area contributed by atoms with Crippen LogP contribution in [0.2, 0.25) is 0 Å². The lowest BCUT2D eigenvalue weighted by Gasteiger charge is -2.23. The highest BCUT2D eigenvalue weighted by Gasteiger charge is 2.41. The monoisotopic (exact) mass is 273 g/mol. The molecule has 0 bridgehead atoms. The van der Waals surface area contributed by atoms with E-state index in [-0.39, 0.29) is 17.9 Å². The number of carbonyl (C=O) groups is 2. The van der Waals surface area contributed by atoms with Gasteiger partial charge in [0.15, 0.2) is 0 Å². The van der Waals surface area contributed by atoms with E-state index < -0.39 is 5.91 Å². The molecule has 5 nitrogen and oxygen atoms in total. The largest absolute Gasteiger partial charge is 0.366 e.